The number of amides is 1. The molecule has 5 rings (SSSR count). The van der Waals surface area contributed by atoms with Crippen LogP contribution in [0, 0.1) is 0 Å². The molecule has 1 saturated heterocycles. The fourth-order valence-corrected chi connectivity index (χ4v) is 4.60. The summed E-state index contributed by atoms with van der Waals surface area (Å²) in [7, 11) is 0. The van der Waals surface area contributed by atoms with Crippen LogP contribution in [0.1, 0.15) is 21.5 Å². The molecule has 1 aromatic heterocycles. The Hall–Kier alpha value is -2.91. The second-order valence-corrected chi connectivity index (χ2v) is 9.07. The van der Waals surface area contributed by atoms with Gasteiger partial charge < -0.3 is 24.5 Å². The third kappa shape index (κ3) is 4.67. The summed E-state index contributed by atoms with van der Waals surface area (Å²) in [6.45, 7) is 4.07. The van der Waals surface area contributed by atoms with Gasteiger partial charge in [-0.2, -0.15) is 0 Å². The molecule has 0 spiro atoms. The number of carbonyl (C=O) groups is 1. The van der Waals surface area contributed by atoms with Crippen molar-refractivity contribution in [1.82, 2.24) is 14.8 Å². The third-order valence-electron chi connectivity index (χ3n) is 6.21. The van der Waals surface area contributed by atoms with Crippen LogP contribution in [0.2, 0.25) is 5.02 Å². The predicted octanol–water partition coefficient (Wildman–Crippen LogP) is 2.17. The van der Waals surface area contributed by atoms with Crippen LogP contribution >= 0.6 is 11.6 Å². The predicted molar refractivity (Wildman–Crippen MR) is 128 cm³/mol. The Labute approximate surface area is 201 Å². The molecule has 8 nitrogen and oxygen atoms in total. The summed E-state index contributed by atoms with van der Waals surface area (Å²) >= 11 is 5.93. The van der Waals surface area contributed by atoms with Gasteiger partial charge >= 0.3 is 0 Å². The molecule has 2 aliphatic heterocycles. The highest BCUT2D eigenvalue weighted by Crippen LogP contribution is 2.31. The van der Waals surface area contributed by atoms with Gasteiger partial charge in [0.05, 0.1) is 37.3 Å². The lowest BCUT2D eigenvalue weighted by molar-refractivity contribution is 0.0341. The van der Waals surface area contributed by atoms with Crippen molar-refractivity contribution in [2.75, 3.05) is 32.9 Å². The molecule has 3 heterocycles. The number of nitrogens with zero attached hydrogens (tertiary/aromatic N) is 2. The topological polar surface area (TPSA) is 93.0 Å². The number of benzene rings is 2. The first-order chi connectivity index (χ1) is 16.5. The lowest BCUT2D eigenvalue weighted by atomic mass is 10.0. The van der Waals surface area contributed by atoms with Crippen molar-refractivity contribution in [1.29, 1.82) is 0 Å². The van der Waals surface area contributed by atoms with Crippen LogP contribution in [0.15, 0.2) is 47.4 Å². The Morgan fingerprint density at radius 2 is 1.91 bits per heavy atom. The molecule has 1 amide bonds. The molecule has 0 aliphatic carbocycles. The minimum atomic E-state index is -0.457. The van der Waals surface area contributed by atoms with Gasteiger partial charge in [0, 0.05) is 37.4 Å². The van der Waals surface area contributed by atoms with Crippen LogP contribution in [0.5, 0.6) is 5.75 Å². The Morgan fingerprint density at radius 1 is 1.15 bits per heavy atom. The highest BCUT2D eigenvalue weighted by atomic mass is 35.5. The van der Waals surface area contributed by atoms with Gasteiger partial charge in [-0.05, 0) is 35.4 Å². The first-order valence-corrected chi connectivity index (χ1v) is 11.7. The average Bonchev–Trinajstić information content (AvgIpc) is 2.85. The molecule has 9 heteroatoms. The van der Waals surface area contributed by atoms with Crippen molar-refractivity contribution in [3.8, 4) is 5.75 Å². The summed E-state index contributed by atoms with van der Waals surface area (Å²) in [4.78, 5) is 28.7. The van der Waals surface area contributed by atoms with Crippen molar-refractivity contribution < 1.29 is 19.4 Å². The molecule has 0 radical (unpaired) electrons. The smallest absolute Gasteiger partial charge is 0.257 e. The number of hydrogen-bond donors (Lipinski definition) is 2. The van der Waals surface area contributed by atoms with Gasteiger partial charge in [0.1, 0.15) is 17.4 Å². The number of aromatic nitrogens is 1. The van der Waals surface area contributed by atoms with E-state index in [0.717, 1.165) is 24.2 Å². The Kier molecular flexibility index (Phi) is 6.56. The average molecular weight is 484 g/mol. The number of rotatable bonds is 6. The monoisotopic (exact) mass is 483 g/mol. The fraction of sp³-hybridized carbons (Fsp3) is 0.360. The minimum Gasteiger partial charge on any atom is -0.484 e. The van der Waals surface area contributed by atoms with Crippen LogP contribution in [0.3, 0.4) is 0 Å². The summed E-state index contributed by atoms with van der Waals surface area (Å²) in [5, 5.41) is 13.6. The largest absolute Gasteiger partial charge is 0.484 e. The molecule has 1 fully saturated rings. The SMILES string of the molecule is O=C(NCc1ccc(Cl)cc1)c1cn2c3c(cc(CN4CCOCC4)cc3c1=O)O[C@H](CO)C2. The maximum atomic E-state index is 13.4. The molecule has 2 N–H and O–H groups in total. The summed E-state index contributed by atoms with van der Waals surface area (Å²) in [6.07, 6.45) is 1.11. The van der Waals surface area contributed by atoms with Crippen molar-refractivity contribution in [3.05, 3.63) is 74.5 Å². The van der Waals surface area contributed by atoms with E-state index in [9.17, 15) is 14.7 Å². The van der Waals surface area contributed by atoms with E-state index in [2.05, 4.69) is 10.2 Å². The maximum absolute atomic E-state index is 13.4. The van der Waals surface area contributed by atoms with Crippen molar-refractivity contribution >= 4 is 28.4 Å². The first kappa shape index (κ1) is 22.9. The molecule has 178 valence electrons. The zero-order chi connectivity index (χ0) is 23.7. The number of pyridine rings is 1. The van der Waals surface area contributed by atoms with Crippen molar-refractivity contribution in [3.63, 3.8) is 0 Å². The lowest BCUT2D eigenvalue weighted by Crippen LogP contribution is -2.36. The van der Waals surface area contributed by atoms with Gasteiger partial charge in [-0.1, -0.05) is 23.7 Å². The Balaban J connectivity index is 1.50. The number of morpholine rings is 1. The Bertz CT molecular complexity index is 1270. The number of ether oxygens (including phenoxy) is 2. The second kappa shape index (κ2) is 9.76. The summed E-state index contributed by atoms with van der Waals surface area (Å²) < 4.78 is 13.3. The number of nitrogens with one attached hydrogen (secondary N) is 1. The van der Waals surface area contributed by atoms with E-state index in [1.165, 1.54) is 0 Å². The van der Waals surface area contributed by atoms with E-state index >= 15 is 0 Å². The molecule has 2 aromatic carbocycles. The standard InChI is InChI=1S/C25H26ClN3O5/c26-18-3-1-16(2-4-18)11-27-25(32)21-14-29-13-19(15-30)34-22-10-17(9-20(23(22)29)24(21)31)12-28-5-7-33-8-6-28/h1-4,9-10,14,19,30H,5-8,11-13,15H2,(H,27,32)/t19-/m0/s1. The summed E-state index contributed by atoms with van der Waals surface area (Å²) in [5.41, 5.74) is 2.18. The summed E-state index contributed by atoms with van der Waals surface area (Å²) in [6, 6.07) is 10.9. The van der Waals surface area contributed by atoms with Gasteiger partial charge in [-0.3, -0.25) is 14.5 Å². The zero-order valence-electron chi connectivity index (χ0n) is 18.6. The van der Waals surface area contributed by atoms with Gasteiger partial charge in [0.25, 0.3) is 5.91 Å². The molecule has 34 heavy (non-hydrogen) atoms. The third-order valence-corrected chi connectivity index (χ3v) is 6.47. The molecule has 0 bridgehead atoms. The van der Waals surface area contributed by atoms with E-state index < -0.39 is 12.0 Å². The number of hydrogen-bond acceptors (Lipinski definition) is 6. The van der Waals surface area contributed by atoms with Gasteiger partial charge in [0.15, 0.2) is 0 Å². The van der Waals surface area contributed by atoms with E-state index in [1.54, 1.807) is 18.3 Å². The normalized spacial score (nSPS) is 18.0. The van der Waals surface area contributed by atoms with Gasteiger partial charge in [-0.15, -0.1) is 0 Å². The fourth-order valence-electron chi connectivity index (χ4n) is 4.47. The van der Waals surface area contributed by atoms with Gasteiger partial charge in [-0.25, -0.2) is 0 Å². The van der Waals surface area contributed by atoms with Crippen LogP contribution in [-0.2, 0) is 24.4 Å². The molecule has 1 atom stereocenters. The van der Waals surface area contributed by atoms with E-state index in [0.29, 0.717) is 48.0 Å². The van der Waals surface area contributed by atoms with Crippen molar-refractivity contribution in [2.45, 2.75) is 25.7 Å². The number of aliphatic hydroxyl groups excluding tert-OH is 1. The highest BCUT2D eigenvalue weighted by molar-refractivity contribution is 6.30. The maximum Gasteiger partial charge on any atom is 0.257 e. The van der Waals surface area contributed by atoms with Crippen LogP contribution < -0.4 is 15.5 Å². The van der Waals surface area contributed by atoms with Crippen LogP contribution in [-0.4, -0.2) is 59.5 Å². The molecular weight excluding hydrogens is 458 g/mol. The van der Waals surface area contributed by atoms with E-state index in [4.69, 9.17) is 21.1 Å². The quantitative estimate of drug-likeness (QED) is 0.558. The number of halogens is 1. The molecule has 3 aromatic rings. The number of carbonyl (C=O) groups excluding carboxylic acids is 1. The van der Waals surface area contributed by atoms with Crippen molar-refractivity contribution in [2.24, 2.45) is 0 Å². The van der Waals surface area contributed by atoms with Crippen LogP contribution in [0.4, 0.5) is 0 Å². The Morgan fingerprint density at radius 3 is 2.65 bits per heavy atom. The number of aliphatic hydroxyl groups is 1. The highest BCUT2D eigenvalue weighted by Gasteiger charge is 2.26. The molecule has 0 unspecified atom stereocenters. The van der Waals surface area contributed by atoms with E-state index in [1.807, 2.05) is 28.8 Å². The lowest BCUT2D eigenvalue weighted by Gasteiger charge is -2.30. The minimum absolute atomic E-state index is 0.0644. The zero-order valence-corrected chi connectivity index (χ0v) is 19.4. The second-order valence-electron chi connectivity index (χ2n) is 8.63. The molecular formula is C25H26ClN3O5. The van der Waals surface area contributed by atoms with Crippen LogP contribution in [0.25, 0.3) is 10.9 Å². The first-order valence-electron chi connectivity index (χ1n) is 11.3. The molecule has 0 saturated carbocycles. The summed E-state index contributed by atoms with van der Waals surface area (Å²) in [5.74, 6) is 0.106. The van der Waals surface area contributed by atoms with E-state index in [-0.39, 0.29) is 24.1 Å². The molecule has 2 aliphatic rings. The van der Waals surface area contributed by atoms with Gasteiger partial charge in [0.2, 0.25) is 5.43 Å².